The number of rotatable bonds is 3. The third kappa shape index (κ3) is 3.23. The van der Waals surface area contributed by atoms with E-state index in [4.69, 9.17) is 27.6 Å². The van der Waals surface area contributed by atoms with Crippen molar-refractivity contribution >= 4 is 37.8 Å². The van der Waals surface area contributed by atoms with Crippen LogP contribution in [0.2, 0.25) is 29.7 Å². The van der Waals surface area contributed by atoms with Crippen molar-refractivity contribution in [3.8, 4) is 5.75 Å². The van der Waals surface area contributed by atoms with Gasteiger partial charge in [-0.3, -0.25) is 4.79 Å². The minimum absolute atomic E-state index is 0.326. The fraction of sp³-hybridized carbons (Fsp3) is 0.300. The lowest BCUT2D eigenvalue weighted by molar-refractivity contribution is 0.112. The molecule has 0 aromatic heterocycles. The number of carbonyl (C=O) groups is 1. The van der Waals surface area contributed by atoms with Gasteiger partial charge in [0.1, 0.15) is 5.75 Å². The standard InChI is InChI=1S/C10H12Cl2O2Si/c1-15(2,3)14-10-7(6-13)8(11)4-5-9(10)12/h4-6H,1-3H3. The number of hydrogen-bond acceptors (Lipinski definition) is 2. The van der Waals surface area contributed by atoms with Crippen molar-refractivity contribution in [2.45, 2.75) is 19.6 Å². The SMILES string of the molecule is C[Si](C)(C)Oc1c(Cl)ccc(Cl)c1C=O. The van der Waals surface area contributed by atoms with Crippen LogP contribution in [0.3, 0.4) is 0 Å². The van der Waals surface area contributed by atoms with E-state index in [1.54, 1.807) is 12.1 Å². The maximum absolute atomic E-state index is 10.9. The lowest BCUT2D eigenvalue weighted by Gasteiger charge is -2.21. The number of halogens is 2. The minimum Gasteiger partial charge on any atom is -0.543 e. The Labute approximate surface area is 100 Å². The van der Waals surface area contributed by atoms with Gasteiger partial charge in [0.05, 0.1) is 15.6 Å². The van der Waals surface area contributed by atoms with Crippen molar-refractivity contribution < 1.29 is 9.22 Å². The molecule has 0 N–H and O–H groups in total. The van der Waals surface area contributed by atoms with Gasteiger partial charge in [0.15, 0.2) is 6.29 Å². The van der Waals surface area contributed by atoms with Gasteiger partial charge in [0, 0.05) is 0 Å². The predicted molar refractivity (Wildman–Crippen MR) is 65.8 cm³/mol. The molecule has 0 aliphatic carbocycles. The van der Waals surface area contributed by atoms with E-state index in [0.29, 0.717) is 27.6 Å². The van der Waals surface area contributed by atoms with Crippen molar-refractivity contribution in [1.82, 2.24) is 0 Å². The second kappa shape index (κ2) is 4.55. The summed E-state index contributed by atoms with van der Waals surface area (Å²) >= 11 is 11.8. The number of carbonyl (C=O) groups excluding carboxylic acids is 1. The van der Waals surface area contributed by atoms with Gasteiger partial charge in [-0.25, -0.2) is 0 Å². The molecular weight excluding hydrogens is 251 g/mol. The molecule has 0 saturated heterocycles. The summed E-state index contributed by atoms with van der Waals surface area (Å²) in [6.07, 6.45) is 0.670. The van der Waals surface area contributed by atoms with Crippen molar-refractivity contribution in [3.63, 3.8) is 0 Å². The summed E-state index contributed by atoms with van der Waals surface area (Å²) in [5, 5.41) is 0.784. The first kappa shape index (κ1) is 12.6. The highest BCUT2D eigenvalue weighted by Crippen LogP contribution is 2.34. The normalized spacial score (nSPS) is 11.3. The van der Waals surface area contributed by atoms with Crippen molar-refractivity contribution in [2.75, 3.05) is 0 Å². The van der Waals surface area contributed by atoms with E-state index in [1.165, 1.54) is 0 Å². The van der Waals surface area contributed by atoms with Crippen LogP contribution in [0.25, 0.3) is 0 Å². The van der Waals surface area contributed by atoms with Gasteiger partial charge in [0.2, 0.25) is 8.32 Å². The van der Waals surface area contributed by atoms with Gasteiger partial charge >= 0.3 is 0 Å². The monoisotopic (exact) mass is 262 g/mol. The summed E-state index contributed by atoms with van der Waals surface area (Å²) in [5.41, 5.74) is 0.326. The zero-order valence-corrected chi connectivity index (χ0v) is 11.3. The van der Waals surface area contributed by atoms with Gasteiger partial charge < -0.3 is 4.43 Å². The topological polar surface area (TPSA) is 26.3 Å². The molecule has 0 spiro atoms. The fourth-order valence-electron chi connectivity index (χ4n) is 1.07. The highest BCUT2D eigenvalue weighted by atomic mass is 35.5. The van der Waals surface area contributed by atoms with Crippen LogP contribution in [0.5, 0.6) is 5.75 Å². The summed E-state index contributed by atoms with van der Waals surface area (Å²) < 4.78 is 5.73. The van der Waals surface area contributed by atoms with Crippen LogP contribution in [0.15, 0.2) is 12.1 Å². The molecule has 0 aliphatic heterocycles. The minimum atomic E-state index is -1.80. The number of aldehydes is 1. The Morgan fingerprint density at radius 1 is 1.20 bits per heavy atom. The van der Waals surface area contributed by atoms with Crippen molar-refractivity contribution in [1.29, 1.82) is 0 Å². The van der Waals surface area contributed by atoms with E-state index in [0.717, 1.165) is 0 Å². The summed E-state index contributed by atoms with van der Waals surface area (Å²) in [6.45, 7) is 6.04. The van der Waals surface area contributed by atoms with Gasteiger partial charge in [0.25, 0.3) is 0 Å². The lowest BCUT2D eigenvalue weighted by Crippen LogP contribution is -2.30. The average molecular weight is 263 g/mol. The largest absolute Gasteiger partial charge is 0.543 e. The summed E-state index contributed by atoms with van der Waals surface area (Å²) in [7, 11) is -1.80. The summed E-state index contributed by atoms with van der Waals surface area (Å²) in [4.78, 5) is 10.9. The molecule has 0 fully saturated rings. The Morgan fingerprint density at radius 3 is 2.20 bits per heavy atom. The van der Waals surface area contributed by atoms with E-state index < -0.39 is 8.32 Å². The molecule has 5 heteroatoms. The van der Waals surface area contributed by atoms with Crippen molar-refractivity contribution in [2.24, 2.45) is 0 Å². The van der Waals surface area contributed by atoms with Crippen LogP contribution in [-0.4, -0.2) is 14.6 Å². The van der Waals surface area contributed by atoms with Gasteiger partial charge in [-0.05, 0) is 31.8 Å². The van der Waals surface area contributed by atoms with E-state index in [9.17, 15) is 4.79 Å². The molecule has 0 radical (unpaired) electrons. The predicted octanol–water partition coefficient (Wildman–Crippen LogP) is 4.02. The second-order valence-corrected chi connectivity index (χ2v) is 9.35. The zero-order valence-electron chi connectivity index (χ0n) is 8.80. The molecule has 82 valence electrons. The molecule has 0 saturated carbocycles. The smallest absolute Gasteiger partial charge is 0.242 e. The lowest BCUT2D eigenvalue weighted by atomic mass is 10.2. The second-order valence-electron chi connectivity index (χ2n) is 4.10. The highest BCUT2D eigenvalue weighted by Gasteiger charge is 2.21. The Hall–Kier alpha value is -0.513. The average Bonchev–Trinajstić information content (AvgIpc) is 2.10. The van der Waals surface area contributed by atoms with Gasteiger partial charge in [-0.2, -0.15) is 0 Å². The Morgan fingerprint density at radius 2 is 1.73 bits per heavy atom. The molecule has 0 bridgehead atoms. The van der Waals surface area contributed by atoms with Crippen LogP contribution >= 0.6 is 23.2 Å². The molecule has 0 heterocycles. The molecule has 0 amide bonds. The first-order valence-electron chi connectivity index (χ1n) is 4.47. The van der Waals surface area contributed by atoms with Crippen LogP contribution in [0.4, 0.5) is 0 Å². The fourth-order valence-corrected chi connectivity index (χ4v) is 2.36. The molecular formula is C10H12Cl2O2Si. The number of benzene rings is 1. The molecule has 0 unspecified atom stereocenters. The Balaban J connectivity index is 3.25. The zero-order chi connectivity index (χ0) is 11.6. The molecule has 0 aliphatic rings. The molecule has 15 heavy (non-hydrogen) atoms. The first-order valence-corrected chi connectivity index (χ1v) is 8.64. The Kier molecular flexibility index (Phi) is 3.81. The van der Waals surface area contributed by atoms with E-state index >= 15 is 0 Å². The maximum Gasteiger partial charge on any atom is 0.242 e. The molecule has 1 rings (SSSR count). The Bertz CT molecular complexity index is 386. The van der Waals surface area contributed by atoms with E-state index in [2.05, 4.69) is 0 Å². The van der Waals surface area contributed by atoms with E-state index in [-0.39, 0.29) is 0 Å². The van der Waals surface area contributed by atoms with Crippen LogP contribution in [0.1, 0.15) is 10.4 Å². The van der Waals surface area contributed by atoms with Crippen LogP contribution in [0, 0.1) is 0 Å². The molecule has 1 aromatic rings. The first-order chi connectivity index (χ1) is 6.85. The quantitative estimate of drug-likeness (QED) is 0.608. The third-order valence-corrected chi connectivity index (χ3v) is 3.06. The molecule has 0 atom stereocenters. The third-order valence-electron chi connectivity index (χ3n) is 1.62. The summed E-state index contributed by atoms with van der Waals surface area (Å²) in [5.74, 6) is 0.401. The maximum atomic E-state index is 10.9. The van der Waals surface area contributed by atoms with Gasteiger partial charge in [-0.15, -0.1) is 0 Å². The molecule has 1 aromatic carbocycles. The van der Waals surface area contributed by atoms with Crippen LogP contribution < -0.4 is 4.43 Å². The summed E-state index contributed by atoms with van der Waals surface area (Å²) in [6, 6.07) is 3.22. The van der Waals surface area contributed by atoms with E-state index in [1.807, 2.05) is 19.6 Å². The van der Waals surface area contributed by atoms with Gasteiger partial charge in [-0.1, -0.05) is 23.2 Å². The highest BCUT2D eigenvalue weighted by molar-refractivity contribution is 6.70. The molecule has 2 nitrogen and oxygen atoms in total. The van der Waals surface area contributed by atoms with Crippen molar-refractivity contribution in [3.05, 3.63) is 27.7 Å². The number of hydrogen-bond donors (Lipinski definition) is 0. The van der Waals surface area contributed by atoms with Crippen LogP contribution in [-0.2, 0) is 0 Å².